The minimum atomic E-state index is -4.30. The van der Waals surface area contributed by atoms with Crippen LogP contribution in [-0.4, -0.2) is 41.2 Å². The van der Waals surface area contributed by atoms with Crippen molar-refractivity contribution in [1.29, 1.82) is 0 Å². The van der Waals surface area contributed by atoms with Crippen molar-refractivity contribution in [2.75, 3.05) is 19.0 Å². The third-order valence-electron chi connectivity index (χ3n) is 1.90. The Kier molecular flexibility index (Phi) is 6.08. The van der Waals surface area contributed by atoms with Crippen LogP contribution in [0.1, 0.15) is 21.8 Å². The first-order valence-corrected chi connectivity index (χ1v) is 7.08. The Balaban J connectivity index is 2.23. The Morgan fingerprint density at radius 2 is 2.21 bits per heavy atom. The van der Waals surface area contributed by atoms with E-state index in [-0.39, 0.29) is 11.5 Å². The molecule has 1 rings (SSSR count). The van der Waals surface area contributed by atoms with E-state index >= 15 is 0 Å². The zero-order valence-electron chi connectivity index (χ0n) is 9.99. The number of carboxylic acid groups (broad SMARTS) is 1. The van der Waals surface area contributed by atoms with Gasteiger partial charge in [-0.3, -0.25) is 0 Å². The Hall–Kier alpha value is -0.800. The molecule has 1 aromatic rings. The second-order valence-electron chi connectivity index (χ2n) is 3.57. The SMILES string of the molecule is Cc1nc(SCCCOCC(F)(F)F)sc1C(=O)O. The van der Waals surface area contributed by atoms with Gasteiger partial charge in [0.2, 0.25) is 0 Å². The number of aromatic nitrogens is 1. The first kappa shape index (κ1) is 16.3. The summed E-state index contributed by atoms with van der Waals surface area (Å²) in [4.78, 5) is 15.0. The summed E-state index contributed by atoms with van der Waals surface area (Å²) in [5.41, 5.74) is 0.452. The predicted octanol–water partition coefficient (Wildman–Crippen LogP) is 3.21. The second-order valence-corrected chi connectivity index (χ2v) is 5.91. The lowest BCUT2D eigenvalue weighted by Gasteiger charge is -2.06. The van der Waals surface area contributed by atoms with Gasteiger partial charge in [0.1, 0.15) is 11.5 Å². The van der Waals surface area contributed by atoms with E-state index in [1.54, 1.807) is 6.92 Å². The predicted molar refractivity (Wildman–Crippen MR) is 66.0 cm³/mol. The Bertz CT molecular complexity index is 434. The minimum absolute atomic E-state index is 0.0165. The number of aromatic carboxylic acids is 1. The van der Waals surface area contributed by atoms with E-state index in [1.807, 2.05) is 0 Å². The van der Waals surface area contributed by atoms with Crippen molar-refractivity contribution in [3.63, 3.8) is 0 Å². The lowest BCUT2D eigenvalue weighted by Crippen LogP contribution is -2.17. The first-order chi connectivity index (χ1) is 8.79. The van der Waals surface area contributed by atoms with Crippen LogP contribution in [0.2, 0.25) is 0 Å². The second kappa shape index (κ2) is 7.11. The molecule has 4 nitrogen and oxygen atoms in total. The van der Waals surface area contributed by atoms with E-state index in [0.717, 1.165) is 11.3 Å². The average molecular weight is 315 g/mol. The van der Waals surface area contributed by atoms with Crippen molar-refractivity contribution < 1.29 is 27.8 Å². The fourth-order valence-electron chi connectivity index (χ4n) is 1.14. The highest BCUT2D eigenvalue weighted by Crippen LogP contribution is 2.27. The molecule has 1 aromatic heterocycles. The van der Waals surface area contributed by atoms with Gasteiger partial charge in [0.05, 0.1) is 5.69 Å². The van der Waals surface area contributed by atoms with Crippen LogP contribution in [0.5, 0.6) is 0 Å². The molecule has 0 aliphatic carbocycles. The van der Waals surface area contributed by atoms with Gasteiger partial charge in [-0.05, 0) is 13.3 Å². The number of alkyl halides is 3. The quantitative estimate of drug-likeness (QED) is 0.618. The summed E-state index contributed by atoms with van der Waals surface area (Å²) in [6.07, 6.45) is -3.85. The molecule has 1 N–H and O–H groups in total. The Labute approximate surface area is 116 Å². The smallest absolute Gasteiger partial charge is 0.411 e. The van der Waals surface area contributed by atoms with E-state index in [4.69, 9.17) is 5.11 Å². The van der Waals surface area contributed by atoms with Crippen molar-refractivity contribution in [2.45, 2.75) is 23.9 Å². The van der Waals surface area contributed by atoms with Crippen molar-refractivity contribution >= 4 is 29.1 Å². The standard InChI is InChI=1S/C10H12F3NO3S2/c1-6-7(8(15)16)19-9(14-6)18-4-2-3-17-5-10(11,12)13/h2-5H2,1H3,(H,15,16). The summed E-state index contributed by atoms with van der Waals surface area (Å²) in [5.74, 6) is -0.487. The van der Waals surface area contributed by atoms with E-state index in [0.29, 0.717) is 22.2 Å². The normalized spacial score (nSPS) is 11.8. The number of rotatable bonds is 7. The highest BCUT2D eigenvalue weighted by Gasteiger charge is 2.27. The topological polar surface area (TPSA) is 59.4 Å². The van der Waals surface area contributed by atoms with Crippen LogP contribution in [0.3, 0.4) is 0 Å². The summed E-state index contributed by atoms with van der Waals surface area (Å²) >= 11 is 2.38. The number of aryl methyl sites for hydroxylation is 1. The zero-order valence-corrected chi connectivity index (χ0v) is 11.6. The molecule has 0 aliphatic rings. The highest BCUT2D eigenvalue weighted by atomic mass is 32.2. The highest BCUT2D eigenvalue weighted by molar-refractivity contribution is 8.01. The number of carboxylic acids is 1. The van der Waals surface area contributed by atoms with Gasteiger partial charge in [-0.2, -0.15) is 13.2 Å². The zero-order chi connectivity index (χ0) is 14.5. The van der Waals surface area contributed by atoms with Crippen LogP contribution in [0, 0.1) is 6.92 Å². The maximum Gasteiger partial charge on any atom is 0.411 e. The maximum absolute atomic E-state index is 11.8. The molecule has 0 amide bonds. The average Bonchev–Trinajstić information content (AvgIpc) is 2.63. The molecular weight excluding hydrogens is 303 g/mol. The van der Waals surface area contributed by atoms with Gasteiger partial charge in [-0.1, -0.05) is 11.8 Å². The Morgan fingerprint density at radius 1 is 1.53 bits per heavy atom. The number of carbonyl (C=O) groups is 1. The van der Waals surface area contributed by atoms with E-state index in [1.165, 1.54) is 11.8 Å². The first-order valence-electron chi connectivity index (χ1n) is 5.27. The summed E-state index contributed by atoms with van der Waals surface area (Å²) in [6.45, 7) is 0.385. The molecular formula is C10H12F3NO3S2. The molecule has 0 bridgehead atoms. The lowest BCUT2D eigenvalue weighted by molar-refractivity contribution is -0.173. The Morgan fingerprint density at radius 3 is 2.74 bits per heavy atom. The number of halogens is 3. The van der Waals surface area contributed by atoms with Crippen LogP contribution in [0.25, 0.3) is 0 Å². The molecule has 0 aromatic carbocycles. The van der Waals surface area contributed by atoms with E-state index in [9.17, 15) is 18.0 Å². The molecule has 0 spiro atoms. The molecule has 1 heterocycles. The van der Waals surface area contributed by atoms with Gasteiger partial charge in [0.25, 0.3) is 0 Å². The molecule has 0 atom stereocenters. The van der Waals surface area contributed by atoms with Crippen molar-refractivity contribution in [1.82, 2.24) is 4.98 Å². The number of nitrogens with zero attached hydrogens (tertiary/aromatic N) is 1. The molecule has 0 fully saturated rings. The van der Waals surface area contributed by atoms with Gasteiger partial charge in [0, 0.05) is 12.4 Å². The van der Waals surface area contributed by atoms with Gasteiger partial charge >= 0.3 is 12.1 Å². The monoisotopic (exact) mass is 315 g/mol. The fourth-order valence-corrected chi connectivity index (χ4v) is 3.15. The molecule has 9 heteroatoms. The van der Waals surface area contributed by atoms with E-state index < -0.39 is 18.8 Å². The number of thioether (sulfide) groups is 1. The lowest BCUT2D eigenvalue weighted by atomic mass is 10.4. The summed E-state index contributed by atoms with van der Waals surface area (Å²) < 4.78 is 40.3. The summed E-state index contributed by atoms with van der Waals surface area (Å²) in [6, 6.07) is 0. The maximum atomic E-state index is 11.8. The van der Waals surface area contributed by atoms with Crippen LogP contribution in [0.4, 0.5) is 13.2 Å². The van der Waals surface area contributed by atoms with Crippen LogP contribution in [0.15, 0.2) is 4.34 Å². The third-order valence-corrected chi connectivity index (χ3v) is 4.27. The van der Waals surface area contributed by atoms with Crippen LogP contribution in [-0.2, 0) is 4.74 Å². The third kappa shape index (κ3) is 6.26. The van der Waals surface area contributed by atoms with Crippen molar-refractivity contribution in [3.05, 3.63) is 10.6 Å². The van der Waals surface area contributed by atoms with Crippen molar-refractivity contribution in [3.8, 4) is 0 Å². The number of ether oxygens (including phenoxy) is 1. The summed E-state index contributed by atoms with van der Waals surface area (Å²) in [5, 5.41) is 8.83. The van der Waals surface area contributed by atoms with E-state index in [2.05, 4.69) is 9.72 Å². The molecule has 108 valence electrons. The number of thiazole rings is 1. The van der Waals surface area contributed by atoms with Crippen molar-refractivity contribution in [2.24, 2.45) is 0 Å². The molecule has 0 unspecified atom stereocenters. The largest absolute Gasteiger partial charge is 0.477 e. The number of hydrogen-bond donors (Lipinski definition) is 1. The molecule has 0 saturated carbocycles. The van der Waals surface area contributed by atoms with Gasteiger partial charge in [0.15, 0.2) is 4.34 Å². The van der Waals surface area contributed by atoms with Gasteiger partial charge < -0.3 is 9.84 Å². The fraction of sp³-hybridized carbons (Fsp3) is 0.600. The molecule has 19 heavy (non-hydrogen) atoms. The molecule has 0 saturated heterocycles. The number of hydrogen-bond acceptors (Lipinski definition) is 5. The molecule has 0 radical (unpaired) electrons. The molecule has 0 aliphatic heterocycles. The van der Waals surface area contributed by atoms with Crippen LogP contribution < -0.4 is 0 Å². The van der Waals surface area contributed by atoms with Gasteiger partial charge in [-0.15, -0.1) is 11.3 Å². The minimum Gasteiger partial charge on any atom is -0.477 e. The summed E-state index contributed by atoms with van der Waals surface area (Å²) in [7, 11) is 0. The van der Waals surface area contributed by atoms with Gasteiger partial charge in [-0.25, -0.2) is 9.78 Å². The van der Waals surface area contributed by atoms with Crippen LogP contribution >= 0.6 is 23.1 Å².